The molecule has 0 unspecified atom stereocenters. The average Bonchev–Trinajstić information content (AvgIpc) is 2.39. The van der Waals surface area contributed by atoms with Crippen LogP contribution < -0.4 is 5.32 Å². The number of nitrogens with one attached hydrogen (secondary N) is 1. The maximum atomic E-state index is 12.0. The van der Waals surface area contributed by atoms with Crippen molar-refractivity contribution in [3.63, 3.8) is 0 Å². The summed E-state index contributed by atoms with van der Waals surface area (Å²) in [6.07, 6.45) is 0.956. The van der Waals surface area contributed by atoms with Crippen molar-refractivity contribution in [3.8, 4) is 0 Å². The van der Waals surface area contributed by atoms with Crippen LogP contribution in [0.4, 0.5) is 5.69 Å². The number of benzene rings is 2. The third-order valence-electron chi connectivity index (χ3n) is 2.72. The lowest BCUT2D eigenvalue weighted by atomic mass is 10.1. The monoisotopic (exact) mass is 257 g/mol. The molecular weight excluding hydrogens is 242 g/mol. The van der Waals surface area contributed by atoms with Gasteiger partial charge in [0.05, 0.1) is 0 Å². The summed E-state index contributed by atoms with van der Waals surface area (Å²) in [4.78, 5) is 12.8. The molecule has 3 heteroatoms. The predicted molar refractivity (Wildman–Crippen MR) is 77.5 cm³/mol. The Kier molecular flexibility index (Phi) is 4.05. The molecule has 0 radical (unpaired) electrons. The molecule has 2 rings (SSSR count). The minimum Gasteiger partial charge on any atom is -0.322 e. The van der Waals surface area contributed by atoms with Gasteiger partial charge in [0.15, 0.2) is 0 Å². The van der Waals surface area contributed by atoms with Crippen LogP contribution in [0.3, 0.4) is 0 Å². The lowest BCUT2D eigenvalue weighted by Crippen LogP contribution is -2.11. The maximum Gasteiger partial charge on any atom is 0.255 e. The number of aryl methyl sites for hydroxylation is 1. The minimum absolute atomic E-state index is 0.100. The first-order chi connectivity index (χ1) is 8.69. The van der Waals surface area contributed by atoms with Crippen molar-refractivity contribution in [2.24, 2.45) is 0 Å². The molecule has 1 N–H and O–H groups in total. The van der Waals surface area contributed by atoms with Crippen LogP contribution in [0.25, 0.3) is 0 Å². The van der Waals surface area contributed by atoms with Crippen LogP contribution in [0, 0.1) is 0 Å². The molecule has 92 valence electrons. The first-order valence-electron chi connectivity index (χ1n) is 5.88. The molecule has 0 spiro atoms. The molecule has 0 bridgehead atoms. The summed E-state index contributed by atoms with van der Waals surface area (Å²) in [5, 5.41) is 2.89. The van der Waals surface area contributed by atoms with Crippen molar-refractivity contribution in [2.45, 2.75) is 18.2 Å². The fraction of sp³-hybridized carbons (Fsp3) is 0.133. The third-order valence-corrected chi connectivity index (χ3v) is 3.02. The predicted octanol–water partition coefficient (Wildman–Crippen LogP) is 3.79. The second kappa shape index (κ2) is 5.74. The molecule has 2 aromatic carbocycles. The summed E-state index contributed by atoms with van der Waals surface area (Å²) in [6.45, 7) is 2.09. The van der Waals surface area contributed by atoms with E-state index in [-0.39, 0.29) is 5.91 Å². The normalized spacial score (nSPS) is 10.1. The standard InChI is InChI=1S/C15H15NOS/c1-2-11-4-3-5-13(10-11)16-15(17)12-6-8-14(18)9-7-12/h3-10,18H,2H2,1H3,(H,16,17). The summed E-state index contributed by atoms with van der Waals surface area (Å²) in [5.41, 5.74) is 2.67. The van der Waals surface area contributed by atoms with E-state index in [1.165, 1.54) is 5.56 Å². The van der Waals surface area contributed by atoms with Gasteiger partial charge in [-0.25, -0.2) is 0 Å². The second-order valence-electron chi connectivity index (χ2n) is 4.05. The summed E-state index contributed by atoms with van der Waals surface area (Å²) < 4.78 is 0. The number of thiol groups is 1. The Labute approximate surface area is 112 Å². The molecule has 1 amide bonds. The van der Waals surface area contributed by atoms with Gasteiger partial charge in [-0.1, -0.05) is 19.1 Å². The molecule has 0 aliphatic rings. The van der Waals surface area contributed by atoms with E-state index in [0.717, 1.165) is 17.0 Å². The molecule has 0 atom stereocenters. The molecule has 0 heterocycles. The van der Waals surface area contributed by atoms with E-state index in [0.29, 0.717) is 5.56 Å². The van der Waals surface area contributed by atoms with E-state index >= 15 is 0 Å². The Morgan fingerprint density at radius 1 is 1.17 bits per heavy atom. The number of hydrogen-bond acceptors (Lipinski definition) is 2. The Hall–Kier alpha value is -1.74. The molecular formula is C15H15NOS. The molecule has 2 nitrogen and oxygen atoms in total. The van der Waals surface area contributed by atoms with Crippen molar-refractivity contribution in [3.05, 3.63) is 59.7 Å². The van der Waals surface area contributed by atoms with E-state index in [2.05, 4.69) is 24.9 Å². The van der Waals surface area contributed by atoms with E-state index in [1.54, 1.807) is 24.3 Å². The second-order valence-corrected chi connectivity index (χ2v) is 4.57. The van der Waals surface area contributed by atoms with Gasteiger partial charge in [-0.3, -0.25) is 4.79 Å². The zero-order chi connectivity index (χ0) is 13.0. The fourth-order valence-electron chi connectivity index (χ4n) is 1.69. The number of anilines is 1. The van der Waals surface area contributed by atoms with Gasteiger partial charge in [0.25, 0.3) is 5.91 Å². The van der Waals surface area contributed by atoms with Crippen LogP contribution in [-0.2, 0) is 6.42 Å². The van der Waals surface area contributed by atoms with Crippen LogP contribution in [0.2, 0.25) is 0 Å². The Morgan fingerprint density at radius 3 is 2.56 bits per heavy atom. The van der Waals surface area contributed by atoms with E-state index < -0.39 is 0 Å². The van der Waals surface area contributed by atoms with Gasteiger partial charge < -0.3 is 5.32 Å². The highest BCUT2D eigenvalue weighted by molar-refractivity contribution is 7.80. The summed E-state index contributed by atoms with van der Waals surface area (Å²) in [6, 6.07) is 15.0. The van der Waals surface area contributed by atoms with Crippen LogP contribution in [0.1, 0.15) is 22.8 Å². The largest absolute Gasteiger partial charge is 0.322 e. The number of carbonyl (C=O) groups is 1. The minimum atomic E-state index is -0.100. The smallest absolute Gasteiger partial charge is 0.255 e. The Balaban J connectivity index is 2.13. The highest BCUT2D eigenvalue weighted by Crippen LogP contribution is 2.14. The highest BCUT2D eigenvalue weighted by atomic mass is 32.1. The Bertz CT molecular complexity index is 549. The number of amides is 1. The lowest BCUT2D eigenvalue weighted by molar-refractivity contribution is 0.102. The quantitative estimate of drug-likeness (QED) is 0.805. The van der Waals surface area contributed by atoms with Crippen molar-refractivity contribution in [2.75, 3.05) is 5.32 Å². The van der Waals surface area contributed by atoms with Crippen molar-refractivity contribution in [1.82, 2.24) is 0 Å². The van der Waals surface area contributed by atoms with Crippen LogP contribution in [0.5, 0.6) is 0 Å². The molecule has 0 saturated carbocycles. The molecule has 0 saturated heterocycles. The molecule has 0 aliphatic carbocycles. The van der Waals surface area contributed by atoms with Gasteiger partial charge in [-0.05, 0) is 48.4 Å². The zero-order valence-electron chi connectivity index (χ0n) is 10.2. The van der Waals surface area contributed by atoms with Gasteiger partial charge in [0.2, 0.25) is 0 Å². The van der Waals surface area contributed by atoms with Crippen LogP contribution in [-0.4, -0.2) is 5.91 Å². The average molecular weight is 257 g/mol. The van der Waals surface area contributed by atoms with Crippen LogP contribution in [0.15, 0.2) is 53.4 Å². The first kappa shape index (κ1) is 12.7. The van der Waals surface area contributed by atoms with Crippen molar-refractivity contribution >= 4 is 24.2 Å². The molecule has 18 heavy (non-hydrogen) atoms. The van der Waals surface area contributed by atoms with E-state index in [4.69, 9.17) is 0 Å². The fourth-order valence-corrected chi connectivity index (χ4v) is 1.83. The number of carbonyl (C=O) groups excluding carboxylic acids is 1. The molecule has 0 aliphatic heterocycles. The van der Waals surface area contributed by atoms with Gasteiger partial charge in [-0.15, -0.1) is 12.6 Å². The van der Waals surface area contributed by atoms with Gasteiger partial charge >= 0.3 is 0 Å². The highest BCUT2D eigenvalue weighted by Gasteiger charge is 2.05. The zero-order valence-corrected chi connectivity index (χ0v) is 11.1. The summed E-state index contributed by atoms with van der Waals surface area (Å²) in [5.74, 6) is -0.100. The van der Waals surface area contributed by atoms with Gasteiger partial charge in [-0.2, -0.15) is 0 Å². The molecule has 0 fully saturated rings. The summed E-state index contributed by atoms with van der Waals surface area (Å²) >= 11 is 4.19. The van der Waals surface area contributed by atoms with Crippen LogP contribution >= 0.6 is 12.6 Å². The topological polar surface area (TPSA) is 29.1 Å². The summed E-state index contributed by atoms with van der Waals surface area (Å²) in [7, 11) is 0. The maximum absolute atomic E-state index is 12.0. The number of hydrogen-bond donors (Lipinski definition) is 2. The van der Waals surface area contributed by atoms with Crippen molar-refractivity contribution < 1.29 is 4.79 Å². The van der Waals surface area contributed by atoms with E-state index in [1.807, 2.05) is 24.3 Å². The number of rotatable bonds is 3. The SMILES string of the molecule is CCc1cccc(NC(=O)c2ccc(S)cc2)c1. The Morgan fingerprint density at radius 2 is 1.89 bits per heavy atom. The molecule has 0 aromatic heterocycles. The van der Waals surface area contributed by atoms with Gasteiger partial charge in [0.1, 0.15) is 0 Å². The third kappa shape index (κ3) is 3.14. The first-order valence-corrected chi connectivity index (χ1v) is 6.33. The van der Waals surface area contributed by atoms with Crippen molar-refractivity contribution in [1.29, 1.82) is 0 Å². The van der Waals surface area contributed by atoms with Gasteiger partial charge in [0, 0.05) is 16.1 Å². The van der Waals surface area contributed by atoms with E-state index in [9.17, 15) is 4.79 Å². The lowest BCUT2D eigenvalue weighted by Gasteiger charge is -2.06. The molecule has 2 aromatic rings.